The summed E-state index contributed by atoms with van der Waals surface area (Å²) in [7, 11) is 0. The van der Waals surface area contributed by atoms with Gasteiger partial charge in [0.2, 0.25) is 0 Å². The van der Waals surface area contributed by atoms with Crippen LogP contribution in [0.15, 0.2) is 30.6 Å². The molecule has 1 aromatic heterocycles. The Morgan fingerprint density at radius 2 is 2.07 bits per heavy atom. The second-order valence-electron chi connectivity index (χ2n) is 3.24. The van der Waals surface area contributed by atoms with Crippen LogP contribution in [0.2, 0.25) is 0 Å². The Morgan fingerprint density at radius 1 is 1.29 bits per heavy atom. The van der Waals surface area contributed by atoms with Crippen LogP contribution in [-0.4, -0.2) is 16.2 Å². The van der Waals surface area contributed by atoms with Gasteiger partial charge in [-0.2, -0.15) is 0 Å². The van der Waals surface area contributed by atoms with E-state index in [1.165, 1.54) is 5.39 Å². The number of aliphatic hydroxyl groups is 1. The van der Waals surface area contributed by atoms with Crippen molar-refractivity contribution in [2.24, 2.45) is 0 Å². The molecule has 1 atom stereocenters. The molecule has 0 bridgehead atoms. The van der Waals surface area contributed by atoms with Crippen molar-refractivity contribution >= 4 is 10.8 Å². The van der Waals surface area contributed by atoms with Crippen molar-refractivity contribution in [3.05, 3.63) is 36.2 Å². The van der Waals surface area contributed by atoms with Crippen molar-refractivity contribution in [3.8, 4) is 11.8 Å². The SMILES string of the molecule is CC(O)C#Cc1ccc2c[nH]cc2c1. The molecule has 0 aliphatic carbocycles. The van der Waals surface area contributed by atoms with Gasteiger partial charge in [-0.15, -0.1) is 0 Å². The van der Waals surface area contributed by atoms with Gasteiger partial charge in [0.25, 0.3) is 0 Å². The monoisotopic (exact) mass is 185 g/mol. The first-order chi connectivity index (χ1) is 6.75. The number of hydrogen-bond acceptors (Lipinski definition) is 1. The highest BCUT2D eigenvalue weighted by Gasteiger charge is 1.94. The third-order valence-electron chi connectivity index (χ3n) is 1.99. The number of H-pyrrole nitrogens is 1. The lowest BCUT2D eigenvalue weighted by Gasteiger charge is -1.92. The molecule has 0 amide bonds. The van der Waals surface area contributed by atoms with Gasteiger partial charge in [0.05, 0.1) is 0 Å². The third kappa shape index (κ3) is 1.78. The lowest BCUT2D eigenvalue weighted by atomic mass is 10.1. The van der Waals surface area contributed by atoms with Crippen molar-refractivity contribution in [2.45, 2.75) is 13.0 Å². The molecule has 1 aromatic carbocycles. The van der Waals surface area contributed by atoms with Crippen LogP contribution in [0, 0.1) is 11.8 Å². The number of nitrogens with one attached hydrogen (secondary N) is 1. The molecule has 0 spiro atoms. The molecule has 70 valence electrons. The van der Waals surface area contributed by atoms with Crippen molar-refractivity contribution in [3.63, 3.8) is 0 Å². The molecular formula is C12H11NO. The molecule has 0 saturated heterocycles. The van der Waals surface area contributed by atoms with Crippen molar-refractivity contribution in [2.75, 3.05) is 0 Å². The number of aliphatic hydroxyl groups excluding tert-OH is 1. The fourth-order valence-electron chi connectivity index (χ4n) is 1.32. The van der Waals surface area contributed by atoms with E-state index in [4.69, 9.17) is 5.11 Å². The molecule has 1 unspecified atom stereocenters. The summed E-state index contributed by atoms with van der Waals surface area (Å²) >= 11 is 0. The lowest BCUT2D eigenvalue weighted by Crippen LogP contribution is -1.92. The summed E-state index contributed by atoms with van der Waals surface area (Å²) in [5.41, 5.74) is 0.929. The van der Waals surface area contributed by atoms with Crippen molar-refractivity contribution in [1.29, 1.82) is 0 Å². The highest BCUT2D eigenvalue weighted by molar-refractivity contribution is 5.83. The summed E-state index contributed by atoms with van der Waals surface area (Å²) in [6.45, 7) is 1.65. The van der Waals surface area contributed by atoms with Crippen LogP contribution in [0.1, 0.15) is 12.5 Å². The smallest absolute Gasteiger partial charge is 0.112 e. The quantitative estimate of drug-likeness (QED) is 0.604. The van der Waals surface area contributed by atoms with Gasteiger partial charge in [-0.1, -0.05) is 17.9 Å². The van der Waals surface area contributed by atoms with Crippen LogP contribution in [0.5, 0.6) is 0 Å². The number of fused-ring (bicyclic) bond motifs is 1. The van der Waals surface area contributed by atoms with Gasteiger partial charge in [0, 0.05) is 23.3 Å². The van der Waals surface area contributed by atoms with Gasteiger partial charge < -0.3 is 10.1 Å². The molecule has 0 radical (unpaired) electrons. The van der Waals surface area contributed by atoms with Gasteiger partial charge in [-0.05, 0) is 24.4 Å². The molecule has 2 heteroatoms. The van der Waals surface area contributed by atoms with Crippen LogP contribution in [0.4, 0.5) is 0 Å². The maximum atomic E-state index is 9.01. The Hall–Kier alpha value is -1.72. The molecule has 2 rings (SSSR count). The summed E-state index contributed by atoms with van der Waals surface area (Å²) in [5, 5.41) is 11.3. The van der Waals surface area contributed by atoms with Crippen LogP contribution < -0.4 is 0 Å². The van der Waals surface area contributed by atoms with Crippen LogP contribution in [0.25, 0.3) is 10.8 Å². The van der Waals surface area contributed by atoms with E-state index < -0.39 is 6.10 Å². The van der Waals surface area contributed by atoms with E-state index in [0.29, 0.717) is 0 Å². The maximum Gasteiger partial charge on any atom is 0.112 e. The van der Waals surface area contributed by atoms with Gasteiger partial charge in [0.1, 0.15) is 6.10 Å². The first-order valence-corrected chi connectivity index (χ1v) is 4.52. The largest absolute Gasteiger partial charge is 0.381 e. The number of aromatic amines is 1. The summed E-state index contributed by atoms with van der Waals surface area (Å²) in [5.74, 6) is 5.63. The van der Waals surface area contributed by atoms with E-state index >= 15 is 0 Å². The Labute approximate surface area is 82.6 Å². The summed E-state index contributed by atoms with van der Waals surface area (Å²) in [6.07, 6.45) is 3.31. The molecule has 1 heterocycles. The van der Waals surface area contributed by atoms with Crippen LogP contribution in [0.3, 0.4) is 0 Å². The standard InChI is InChI=1S/C12H11NO/c1-9(14)2-3-10-4-5-11-7-13-8-12(11)6-10/h4-9,13-14H,1H3. The average Bonchev–Trinajstić information content (AvgIpc) is 2.61. The first-order valence-electron chi connectivity index (χ1n) is 4.52. The topological polar surface area (TPSA) is 36.0 Å². The molecule has 0 aliphatic rings. The Balaban J connectivity index is 2.41. The van der Waals surface area contributed by atoms with E-state index in [-0.39, 0.29) is 0 Å². The third-order valence-corrected chi connectivity index (χ3v) is 1.99. The van der Waals surface area contributed by atoms with Crippen LogP contribution >= 0.6 is 0 Å². The summed E-state index contributed by atoms with van der Waals surface area (Å²) in [6, 6.07) is 5.96. The van der Waals surface area contributed by atoms with Gasteiger partial charge >= 0.3 is 0 Å². The molecule has 2 nitrogen and oxygen atoms in total. The predicted octanol–water partition coefficient (Wildman–Crippen LogP) is 1.90. The highest BCUT2D eigenvalue weighted by Crippen LogP contribution is 2.14. The Morgan fingerprint density at radius 3 is 2.86 bits per heavy atom. The van der Waals surface area contributed by atoms with E-state index in [2.05, 4.69) is 16.8 Å². The number of benzene rings is 1. The van der Waals surface area contributed by atoms with Crippen molar-refractivity contribution < 1.29 is 5.11 Å². The van der Waals surface area contributed by atoms with Crippen molar-refractivity contribution in [1.82, 2.24) is 4.98 Å². The molecule has 0 aliphatic heterocycles. The van der Waals surface area contributed by atoms with E-state index in [0.717, 1.165) is 10.9 Å². The Kier molecular flexibility index (Phi) is 2.26. The van der Waals surface area contributed by atoms with Gasteiger partial charge in [0.15, 0.2) is 0 Å². The highest BCUT2D eigenvalue weighted by atomic mass is 16.3. The molecule has 0 saturated carbocycles. The first kappa shape index (κ1) is 8.86. The zero-order valence-electron chi connectivity index (χ0n) is 7.91. The normalized spacial score (nSPS) is 12.1. The zero-order chi connectivity index (χ0) is 9.97. The second kappa shape index (κ2) is 3.57. The Bertz CT molecular complexity index is 500. The second-order valence-corrected chi connectivity index (χ2v) is 3.24. The minimum absolute atomic E-state index is 0.572. The molecule has 2 N–H and O–H groups in total. The van der Waals surface area contributed by atoms with E-state index in [1.54, 1.807) is 6.92 Å². The number of aromatic nitrogens is 1. The number of rotatable bonds is 0. The minimum atomic E-state index is -0.572. The number of hydrogen-bond donors (Lipinski definition) is 2. The minimum Gasteiger partial charge on any atom is -0.381 e. The predicted molar refractivity (Wildman–Crippen MR) is 56.9 cm³/mol. The van der Waals surface area contributed by atoms with Gasteiger partial charge in [-0.3, -0.25) is 0 Å². The molecule has 0 fully saturated rings. The summed E-state index contributed by atoms with van der Waals surface area (Å²) in [4.78, 5) is 3.03. The lowest BCUT2D eigenvalue weighted by molar-refractivity contribution is 0.253. The van der Waals surface area contributed by atoms with E-state index in [1.807, 2.05) is 30.6 Å². The van der Waals surface area contributed by atoms with E-state index in [9.17, 15) is 0 Å². The maximum absolute atomic E-state index is 9.01. The zero-order valence-corrected chi connectivity index (χ0v) is 7.91. The van der Waals surface area contributed by atoms with Gasteiger partial charge in [-0.25, -0.2) is 0 Å². The summed E-state index contributed by atoms with van der Waals surface area (Å²) < 4.78 is 0. The van der Waals surface area contributed by atoms with Crippen LogP contribution in [-0.2, 0) is 0 Å². The average molecular weight is 185 g/mol. The molecule has 14 heavy (non-hydrogen) atoms. The fraction of sp³-hybridized carbons (Fsp3) is 0.167. The molecular weight excluding hydrogens is 174 g/mol. The molecule has 2 aromatic rings. The fourth-order valence-corrected chi connectivity index (χ4v) is 1.32.